The molecule has 0 aromatic heterocycles. The average Bonchev–Trinajstić information content (AvgIpc) is 2.11. The van der Waals surface area contributed by atoms with Gasteiger partial charge in [0.25, 0.3) is 0 Å². The van der Waals surface area contributed by atoms with Crippen LogP contribution in [0.3, 0.4) is 0 Å². The van der Waals surface area contributed by atoms with Gasteiger partial charge >= 0.3 is 5.97 Å². The monoisotopic (exact) mass is 276 g/mol. The highest BCUT2D eigenvalue weighted by Crippen LogP contribution is 2.24. The highest BCUT2D eigenvalue weighted by Gasteiger charge is 2.29. The molecule has 0 radical (unpaired) electrons. The first-order chi connectivity index (χ1) is 6.93. The van der Waals surface area contributed by atoms with Crippen molar-refractivity contribution in [3.05, 3.63) is 11.8 Å². The van der Waals surface area contributed by atoms with Crippen LogP contribution >= 0.6 is 15.9 Å². The molecule has 0 atom stereocenters. The van der Waals surface area contributed by atoms with Crippen molar-refractivity contribution >= 4 is 27.7 Å². The number of cyclic esters (lactones) is 1. The largest absolute Gasteiger partial charge is 0.457 e. The molecule has 0 aromatic rings. The fourth-order valence-corrected chi connectivity index (χ4v) is 1.50. The Morgan fingerprint density at radius 1 is 1.47 bits per heavy atom. The summed E-state index contributed by atoms with van der Waals surface area (Å²) < 4.78 is 10.3. The van der Waals surface area contributed by atoms with Crippen molar-refractivity contribution in [1.29, 1.82) is 0 Å². The summed E-state index contributed by atoms with van der Waals surface area (Å²) in [5.41, 5.74) is 0. The zero-order valence-corrected chi connectivity index (χ0v) is 10.3. The summed E-state index contributed by atoms with van der Waals surface area (Å²) in [5, 5.41) is 0.327. The third kappa shape index (κ3) is 4.03. The van der Waals surface area contributed by atoms with Gasteiger partial charge in [0.05, 0.1) is 11.4 Å². The van der Waals surface area contributed by atoms with E-state index in [9.17, 15) is 9.59 Å². The Kier molecular flexibility index (Phi) is 3.90. The number of ketones is 1. The first-order valence-corrected chi connectivity index (χ1v) is 5.75. The van der Waals surface area contributed by atoms with Crippen molar-refractivity contribution in [3.63, 3.8) is 0 Å². The summed E-state index contributed by atoms with van der Waals surface area (Å²) in [7, 11) is 0. The molecule has 0 bridgehead atoms. The predicted molar refractivity (Wildman–Crippen MR) is 57.4 cm³/mol. The maximum Gasteiger partial charge on any atom is 0.337 e. The number of esters is 1. The lowest BCUT2D eigenvalue weighted by Crippen LogP contribution is -2.34. The van der Waals surface area contributed by atoms with E-state index in [2.05, 4.69) is 15.9 Å². The average molecular weight is 277 g/mol. The Morgan fingerprint density at radius 2 is 2.13 bits per heavy atom. The van der Waals surface area contributed by atoms with Crippen molar-refractivity contribution in [2.24, 2.45) is 0 Å². The second-order valence-electron chi connectivity index (χ2n) is 3.71. The number of carbonyl (C=O) groups excluding carboxylic acids is 2. The number of hydrogen-bond acceptors (Lipinski definition) is 4. The lowest BCUT2D eigenvalue weighted by atomic mass is 10.2. The highest BCUT2D eigenvalue weighted by atomic mass is 79.9. The molecule has 1 heterocycles. The van der Waals surface area contributed by atoms with E-state index in [4.69, 9.17) is 9.47 Å². The van der Waals surface area contributed by atoms with Crippen LogP contribution in [0.1, 0.15) is 26.7 Å². The van der Waals surface area contributed by atoms with E-state index in [-0.39, 0.29) is 5.78 Å². The minimum absolute atomic E-state index is 0.0799. The summed E-state index contributed by atoms with van der Waals surface area (Å²) in [6.07, 6.45) is 2.08. The first-order valence-electron chi connectivity index (χ1n) is 4.63. The molecule has 0 saturated heterocycles. The number of carbonyl (C=O) groups is 2. The zero-order chi connectivity index (χ0) is 11.5. The van der Waals surface area contributed by atoms with E-state index in [0.29, 0.717) is 23.9 Å². The van der Waals surface area contributed by atoms with Crippen LogP contribution in [0.5, 0.6) is 0 Å². The lowest BCUT2D eigenvalue weighted by molar-refractivity contribution is -0.206. The number of rotatable bonds is 4. The van der Waals surface area contributed by atoms with E-state index in [1.807, 2.05) is 0 Å². The molecule has 1 aliphatic rings. The number of alkyl halides is 1. The lowest BCUT2D eigenvalue weighted by Gasteiger charge is -2.30. The van der Waals surface area contributed by atoms with Gasteiger partial charge in [0.1, 0.15) is 11.5 Å². The Labute approximate surface area is 96.7 Å². The summed E-state index contributed by atoms with van der Waals surface area (Å²) >= 11 is 3.07. The zero-order valence-electron chi connectivity index (χ0n) is 8.71. The molecule has 0 aliphatic carbocycles. The van der Waals surface area contributed by atoms with E-state index in [0.717, 1.165) is 0 Å². The molecule has 0 amide bonds. The summed E-state index contributed by atoms with van der Waals surface area (Å²) in [6.45, 7) is 3.31. The van der Waals surface area contributed by atoms with Gasteiger partial charge in [-0.15, -0.1) is 0 Å². The summed E-state index contributed by atoms with van der Waals surface area (Å²) in [5.74, 6) is -0.771. The Bertz CT molecular complexity index is 307. The van der Waals surface area contributed by atoms with Crippen LogP contribution in [-0.2, 0) is 19.1 Å². The molecule has 0 N–H and O–H groups in total. The van der Waals surface area contributed by atoms with E-state index >= 15 is 0 Å². The van der Waals surface area contributed by atoms with Crippen LogP contribution in [0, 0.1) is 0 Å². The van der Waals surface area contributed by atoms with Crippen molar-refractivity contribution in [2.45, 2.75) is 32.5 Å². The Hall–Kier alpha value is -0.840. The molecule has 0 unspecified atom stereocenters. The first kappa shape index (κ1) is 12.2. The van der Waals surface area contributed by atoms with Crippen LogP contribution in [0.2, 0.25) is 0 Å². The molecular weight excluding hydrogens is 264 g/mol. The molecular formula is C10H13BrO4. The van der Waals surface area contributed by atoms with Crippen molar-refractivity contribution < 1.29 is 19.1 Å². The van der Waals surface area contributed by atoms with Crippen LogP contribution < -0.4 is 0 Å². The van der Waals surface area contributed by atoms with E-state index in [1.54, 1.807) is 13.8 Å². The minimum atomic E-state index is -0.932. The molecule has 4 nitrogen and oxygen atoms in total. The molecule has 15 heavy (non-hydrogen) atoms. The quantitative estimate of drug-likeness (QED) is 0.582. The van der Waals surface area contributed by atoms with Gasteiger partial charge in [0, 0.05) is 26.7 Å². The topological polar surface area (TPSA) is 52.6 Å². The molecule has 0 aromatic carbocycles. The summed E-state index contributed by atoms with van der Waals surface area (Å²) in [4.78, 5) is 22.2. The van der Waals surface area contributed by atoms with Crippen LogP contribution in [0.25, 0.3) is 0 Å². The van der Waals surface area contributed by atoms with E-state index in [1.165, 1.54) is 6.08 Å². The molecule has 1 rings (SSSR count). The van der Waals surface area contributed by atoms with Crippen molar-refractivity contribution in [3.8, 4) is 0 Å². The second kappa shape index (κ2) is 4.79. The van der Waals surface area contributed by atoms with Crippen molar-refractivity contribution in [1.82, 2.24) is 0 Å². The predicted octanol–water partition coefficient (Wildman–Crippen LogP) is 1.92. The SMILES string of the molecule is CC1(C)OC(=O)C=C(CCC(=O)CBr)O1. The van der Waals surface area contributed by atoms with Gasteiger partial charge in [-0.25, -0.2) is 4.79 Å². The van der Waals surface area contributed by atoms with Gasteiger partial charge in [0.15, 0.2) is 0 Å². The number of Topliss-reactive ketones (excluding diaryl/α,β-unsaturated/α-hetero) is 1. The standard InChI is InChI=1S/C10H13BrO4/c1-10(2)14-8(5-9(13)15-10)4-3-7(12)6-11/h5H,3-4,6H2,1-2H3. The number of hydrogen-bond donors (Lipinski definition) is 0. The second-order valence-corrected chi connectivity index (χ2v) is 4.27. The third-order valence-electron chi connectivity index (χ3n) is 1.80. The van der Waals surface area contributed by atoms with Gasteiger partial charge in [-0.3, -0.25) is 4.79 Å². The number of allylic oxidation sites excluding steroid dienone is 1. The normalized spacial score (nSPS) is 18.9. The fourth-order valence-electron chi connectivity index (χ4n) is 1.22. The fraction of sp³-hybridized carbons (Fsp3) is 0.600. The van der Waals surface area contributed by atoms with Gasteiger partial charge in [-0.1, -0.05) is 15.9 Å². The van der Waals surface area contributed by atoms with Crippen LogP contribution in [0.4, 0.5) is 0 Å². The van der Waals surface area contributed by atoms with Crippen LogP contribution in [-0.4, -0.2) is 22.9 Å². The molecule has 5 heteroatoms. The molecule has 84 valence electrons. The van der Waals surface area contributed by atoms with Crippen LogP contribution in [0.15, 0.2) is 11.8 Å². The Morgan fingerprint density at radius 3 is 2.67 bits per heavy atom. The van der Waals surface area contributed by atoms with Gasteiger partial charge in [-0.2, -0.15) is 0 Å². The molecule has 0 fully saturated rings. The molecule has 0 spiro atoms. The molecule has 1 aliphatic heterocycles. The number of halogens is 1. The van der Waals surface area contributed by atoms with Crippen molar-refractivity contribution in [2.75, 3.05) is 5.33 Å². The van der Waals surface area contributed by atoms with E-state index < -0.39 is 11.8 Å². The maximum absolute atomic E-state index is 11.1. The van der Waals surface area contributed by atoms with Gasteiger partial charge < -0.3 is 9.47 Å². The van der Waals surface area contributed by atoms with Gasteiger partial charge in [0.2, 0.25) is 5.79 Å². The maximum atomic E-state index is 11.1. The Balaban J connectivity index is 2.55. The third-order valence-corrected chi connectivity index (χ3v) is 2.43. The summed E-state index contributed by atoms with van der Waals surface area (Å²) in [6, 6.07) is 0. The minimum Gasteiger partial charge on any atom is -0.457 e. The number of ether oxygens (including phenoxy) is 2. The van der Waals surface area contributed by atoms with Gasteiger partial charge in [-0.05, 0) is 0 Å². The molecule has 0 saturated carbocycles. The smallest absolute Gasteiger partial charge is 0.337 e. The highest BCUT2D eigenvalue weighted by molar-refractivity contribution is 9.09.